The van der Waals surface area contributed by atoms with Crippen molar-refractivity contribution in [2.75, 3.05) is 11.9 Å². The first-order valence-electron chi connectivity index (χ1n) is 12.1. The largest absolute Gasteiger partial charge is 0.417 e. The third-order valence-electron chi connectivity index (χ3n) is 6.45. The molecule has 0 aromatic heterocycles. The zero-order valence-corrected chi connectivity index (χ0v) is 21.0. The molecule has 4 nitrogen and oxygen atoms in total. The second-order valence-corrected chi connectivity index (χ2v) is 9.60. The first kappa shape index (κ1) is 25.8. The maximum Gasteiger partial charge on any atom is 0.417 e. The van der Waals surface area contributed by atoms with Crippen LogP contribution in [0.3, 0.4) is 0 Å². The molecule has 0 saturated heterocycles. The number of nitrogens with zero attached hydrogens (tertiary/aromatic N) is 1. The maximum atomic E-state index is 12.9. The number of carbonyl (C=O) groups is 1. The molecule has 0 aliphatic carbocycles. The Morgan fingerprint density at radius 1 is 0.921 bits per heavy atom. The lowest BCUT2D eigenvalue weighted by Crippen LogP contribution is -2.30. The van der Waals surface area contributed by atoms with Gasteiger partial charge in [-0.25, -0.2) is 4.79 Å². The molecule has 38 heavy (non-hydrogen) atoms. The molecule has 0 bridgehead atoms. The van der Waals surface area contributed by atoms with Crippen molar-refractivity contribution in [1.82, 2.24) is 4.90 Å². The fourth-order valence-corrected chi connectivity index (χ4v) is 4.81. The number of para-hydroxylation sites is 1. The quantitative estimate of drug-likeness (QED) is 0.279. The van der Waals surface area contributed by atoms with Crippen molar-refractivity contribution >= 4 is 23.4 Å². The highest BCUT2D eigenvalue weighted by molar-refractivity contribution is 6.30. The van der Waals surface area contributed by atoms with Crippen LogP contribution in [-0.2, 0) is 25.7 Å². The van der Waals surface area contributed by atoms with E-state index in [9.17, 15) is 18.0 Å². The van der Waals surface area contributed by atoms with Crippen molar-refractivity contribution in [2.45, 2.75) is 25.7 Å². The lowest BCUT2D eigenvalue weighted by Gasteiger charge is -2.29. The van der Waals surface area contributed by atoms with Crippen LogP contribution in [-0.4, -0.2) is 17.5 Å². The topological polar surface area (TPSA) is 41.6 Å². The minimum absolute atomic E-state index is 0.249. The number of anilines is 1. The molecule has 0 spiro atoms. The van der Waals surface area contributed by atoms with Gasteiger partial charge in [0.05, 0.1) is 5.56 Å². The Balaban J connectivity index is 1.24. The lowest BCUT2D eigenvalue weighted by atomic mass is 9.98. The van der Waals surface area contributed by atoms with E-state index in [1.807, 2.05) is 36.4 Å². The van der Waals surface area contributed by atoms with E-state index in [1.54, 1.807) is 24.3 Å². The van der Waals surface area contributed by atoms with Crippen molar-refractivity contribution in [2.24, 2.45) is 0 Å². The summed E-state index contributed by atoms with van der Waals surface area (Å²) >= 11 is 6.11. The third kappa shape index (κ3) is 6.18. The molecule has 1 amide bonds. The minimum Gasteiger partial charge on any atom is -0.409 e. The van der Waals surface area contributed by atoms with E-state index in [2.05, 4.69) is 16.3 Å². The van der Waals surface area contributed by atoms with Crippen molar-refractivity contribution in [3.63, 3.8) is 0 Å². The molecule has 0 atom stereocenters. The van der Waals surface area contributed by atoms with Crippen LogP contribution in [0.1, 0.15) is 22.3 Å². The summed E-state index contributed by atoms with van der Waals surface area (Å²) in [5, 5.41) is 3.49. The molecule has 4 aromatic carbocycles. The Morgan fingerprint density at radius 3 is 2.47 bits per heavy atom. The van der Waals surface area contributed by atoms with Crippen molar-refractivity contribution in [3.8, 4) is 16.9 Å². The third-order valence-corrected chi connectivity index (χ3v) is 6.69. The number of amides is 1. The normalized spacial score (nSPS) is 13.6. The summed E-state index contributed by atoms with van der Waals surface area (Å²) in [6, 6.07) is 25.1. The first-order valence-corrected chi connectivity index (χ1v) is 12.5. The van der Waals surface area contributed by atoms with Gasteiger partial charge in [0.1, 0.15) is 5.75 Å². The second-order valence-electron chi connectivity index (χ2n) is 9.16. The highest BCUT2D eigenvalue weighted by Crippen LogP contribution is 2.34. The number of fused-ring (bicyclic) bond motifs is 1. The molecule has 1 N–H and O–H groups in total. The van der Waals surface area contributed by atoms with Gasteiger partial charge in [-0.15, -0.1) is 0 Å². The highest BCUT2D eigenvalue weighted by Gasteiger charge is 2.30. The van der Waals surface area contributed by atoms with E-state index in [0.29, 0.717) is 16.8 Å². The second kappa shape index (κ2) is 10.9. The summed E-state index contributed by atoms with van der Waals surface area (Å²) in [7, 11) is 0. The molecular formula is C30H24ClF3N2O2. The molecule has 0 radical (unpaired) electrons. The van der Waals surface area contributed by atoms with Gasteiger partial charge in [0.15, 0.2) is 0 Å². The zero-order chi connectivity index (χ0) is 26.7. The Kier molecular flexibility index (Phi) is 7.40. The molecule has 8 heteroatoms. The van der Waals surface area contributed by atoms with E-state index >= 15 is 0 Å². The fourth-order valence-electron chi connectivity index (χ4n) is 4.59. The Hall–Kier alpha value is -3.81. The molecule has 1 aliphatic rings. The van der Waals surface area contributed by atoms with Crippen LogP contribution in [0.25, 0.3) is 11.1 Å². The van der Waals surface area contributed by atoms with Crippen molar-refractivity contribution in [1.29, 1.82) is 0 Å². The molecule has 0 saturated carbocycles. The standard InChI is InChI=1S/C30H24ClF3N2O2/c31-25-5-3-4-20(16-25)18-36-15-14-22-17-26(13-10-23(22)19-36)35-29(37)38-28-7-2-1-6-27(28)21-8-11-24(12-9-21)30(32,33)34/h1-13,16-17H,14-15,18-19H2,(H,35,37). The van der Waals surface area contributed by atoms with E-state index in [4.69, 9.17) is 16.3 Å². The predicted molar refractivity (Wildman–Crippen MR) is 142 cm³/mol. The number of benzene rings is 4. The molecule has 1 aliphatic heterocycles. The number of carbonyl (C=O) groups excluding carboxylic acids is 1. The monoisotopic (exact) mass is 536 g/mol. The van der Waals surface area contributed by atoms with Crippen molar-refractivity contribution in [3.05, 3.63) is 118 Å². The lowest BCUT2D eigenvalue weighted by molar-refractivity contribution is -0.137. The molecule has 0 unspecified atom stereocenters. The summed E-state index contributed by atoms with van der Waals surface area (Å²) in [5.41, 5.74) is 4.43. The van der Waals surface area contributed by atoms with Gasteiger partial charge in [-0.3, -0.25) is 10.2 Å². The van der Waals surface area contributed by atoms with Crippen LogP contribution in [0, 0.1) is 0 Å². The number of hydrogen-bond acceptors (Lipinski definition) is 3. The van der Waals surface area contributed by atoms with Gasteiger partial charge >= 0.3 is 12.3 Å². The molecule has 194 valence electrons. The highest BCUT2D eigenvalue weighted by atomic mass is 35.5. The minimum atomic E-state index is -4.42. The molecule has 5 rings (SSSR count). The molecule has 0 fully saturated rings. The van der Waals surface area contributed by atoms with Gasteiger partial charge in [-0.05, 0) is 71.1 Å². The summed E-state index contributed by atoms with van der Waals surface area (Å²) in [6.45, 7) is 2.49. The van der Waals surface area contributed by atoms with Gasteiger partial charge in [0, 0.05) is 35.9 Å². The number of alkyl halides is 3. The number of hydrogen-bond donors (Lipinski definition) is 1. The first-order chi connectivity index (χ1) is 18.2. The Bertz CT molecular complexity index is 1450. The van der Waals surface area contributed by atoms with Gasteiger partial charge < -0.3 is 4.74 Å². The number of rotatable bonds is 5. The molecule has 4 aromatic rings. The molecular weight excluding hydrogens is 513 g/mol. The van der Waals surface area contributed by atoms with Gasteiger partial charge in [0.2, 0.25) is 0 Å². The van der Waals surface area contributed by atoms with Gasteiger partial charge in [0.25, 0.3) is 0 Å². The average Bonchev–Trinajstić information content (AvgIpc) is 2.89. The average molecular weight is 537 g/mol. The SMILES string of the molecule is O=C(Nc1ccc2c(c1)CCN(Cc1cccc(Cl)c1)C2)Oc1ccccc1-c1ccc(C(F)(F)F)cc1. The van der Waals surface area contributed by atoms with E-state index in [-0.39, 0.29) is 5.75 Å². The van der Waals surface area contributed by atoms with Gasteiger partial charge in [-0.2, -0.15) is 13.2 Å². The van der Waals surface area contributed by atoms with E-state index < -0.39 is 17.8 Å². The predicted octanol–water partition coefficient (Wildman–Crippen LogP) is 8.20. The van der Waals surface area contributed by atoms with E-state index in [1.165, 1.54) is 23.3 Å². The van der Waals surface area contributed by atoms with Crippen LogP contribution in [0.2, 0.25) is 5.02 Å². The summed E-state index contributed by atoms with van der Waals surface area (Å²) in [6.07, 6.45) is -4.25. The number of nitrogens with one attached hydrogen (secondary N) is 1. The van der Waals surface area contributed by atoms with Crippen molar-refractivity contribution < 1.29 is 22.7 Å². The fraction of sp³-hybridized carbons (Fsp3) is 0.167. The number of halogens is 4. The van der Waals surface area contributed by atoms with Crippen LogP contribution in [0.5, 0.6) is 5.75 Å². The summed E-state index contributed by atoms with van der Waals surface area (Å²) in [4.78, 5) is 15.1. The summed E-state index contributed by atoms with van der Waals surface area (Å²) < 4.78 is 44.3. The Morgan fingerprint density at radius 2 is 1.71 bits per heavy atom. The van der Waals surface area contributed by atoms with Gasteiger partial charge in [-0.1, -0.05) is 60.1 Å². The smallest absolute Gasteiger partial charge is 0.409 e. The maximum absolute atomic E-state index is 12.9. The van der Waals surface area contributed by atoms with E-state index in [0.717, 1.165) is 48.8 Å². The van der Waals surface area contributed by atoms with Crippen LogP contribution in [0.4, 0.5) is 23.7 Å². The Labute approximate surface area is 223 Å². The zero-order valence-electron chi connectivity index (χ0n) is 20.3. The van der Waals surface area contributed by atoms with Crippen LogP contribution in [0.15, 0.2) is 91.0 Å². The van der Waals surface area contributed by atoms with Crippen LogP contribution >= 0.6 is 11.6 Å². The van der Waals surface area contributed by atoms with Crippen LogP contribution < -0.4 is 10.1 Å². The molecule has 1 heterocycles. The summed E-state index contributed by atoms with van der Waals surface area (Å²) in [5.74, 6) is 0.249. The number of ether oxygens (including phenoxy) is 1.